The van der Waals surface area contributed by atoms with E-state index >= 15 is 0 Å². The van der Waals surface area contributed by atoms with E-state index in [0.717, 1.165) is 28.1 Å². The third-order valence-corrected chi connectivity index (χ3v) is 6.90. The van der Waals surface area contributed by atoms with E-state index < -0.39 is 15.8 Å². The number of aryl methyl sites for hydroxylation is 2. The van der Waals surface area contributed by atoms with E-state index in [-0.39, 0.29) is 4.90 Å². The van der Waals surface area contributed by atoms with Crippen LogP contribution in [0.3, 0.4) is 0 Å². The van der Waals surface area contributed by atoms with Crippen LogP contribution < -0.4 is 4.90 Å². The molecule has 0 bridgehead atoms. The summed E-state index contributed by atoms with van der Waals surface area (Å²) in [4.78, 5) is 1.12. The van der Waals surface area contributed by atoms with Crippen molar-refractivity contribution in [1.82, 2.24) is 14.5 Å². The van der Waals surface area contributed by atoms with Gasteiger partial charge in [-0.1, -0.05) is 6.07 Å². The van der Waals surface area contributed by atoms with Crippen LogP contribution in [0, 0.1) is 19.7 Å². The quantitative estimate of drug-likeness (QED) is 0.665. The third kappa shape index (κ3) is 4.09. The van der Waals surface area contributed by atoms with Crippen molar-refractivity contribution in [2.75, 3.05) is 26.2 Å². The molecule has 1 saturated heterocycles. The maximum absolute atomic E-state index is 13.4. The molecular formula is C19H22FN4O4S+. The van der Waals surface area contributed by atoms with Crippen LogP contribution >= 0.6 is 0 Å². The standard InChI is InChI=1S/C19H21FN4O4S/c1-13-10-17(14(2)27-13)19-22-21-18(28-19)12-23-6-8-24(9-7-23)29(25,26)16-5-3-4-15(20)11-16/h3-5,10-11H,6-9,12H2,1-2H3/p+1. The van der Waals surface area contributed by atoms with Gasteiger partial charge in [0, 0.05) is 0 Å². The van der Waals surface area contributed by atoms with Gasteiger partial charge in [-0.05, 0) is 38.1 Å². The van der Waals surface area contributed by atoms with Crippen molar-refractivity contribution < 1.29 is 26.5 Å². The van der Waals surface area contributed by atoms with E-state index in [2.05, 4.69) is 10.2 Å². The molecule has 0 atom stereocenters. The average Bonchev–Trinajstić information content (AvgIpc) is 3.27. The first-order valence-electron chi connectivity index (χ1n) is 9.32. The summed E-state index contributed by atoms with van der Waals surface area (Å²) < 4.78 is 51.5. The second-order valence-electron chi connectivity index (χ2n) is 7.12. The van der Waals surface area contributed by atoms with Crippen LogP contribution in [0.1, 0.15) is 17.4 Å². The highest BCUT2D eigenvalue weighted by Gasteiger charge is 2.31. The maximum Gasteiger partial charge on any atom is 0.271 e. The molecule has 1 fully saturated rings. The van der Waals surface area contributed by atoms with E-state index in [1.807, 2.05) is 19.9 Å². The van der Waals surface area contributed by atoms with Gasteiger partial charge in [-0.3, -0.25) is 0 Å². The van der Waals surface area contributed by atoms with E-state index in [1.54, 1.807) is 0 Å². The number of sulfonamides is 1. The minimum Gasteiger partial charge on any atom is -0.466 e. The summed E-state index contributed by atoms with van der Waals surface area (Å²) in [5, 5.41) is 8.21. The predicted molar refractivity (Wildman–Crippen MR) is 101 cm³/mol. The average molecular weight is 421 g/mol. The normalized spacial score (nSPS) is 16.4. The Bertz CT molecular complexity index is 1120. The Labute approximate surface area is 168 Å². The highest BCUT2D eigenvalue weighted by atomic mass is 32.2. The van der Waals surface area contributed by atoms with Gasteiger partial charge in [0.2, 0.25) is 10.0 Å². The zero-order valence-corrected chi connectivity index (χ0v) is 17.0. The highest BCUT2D eigenvalue weighted by Crippen LogP contribution is 2.25. The van der Waals surface area contributed by atoms with E-state index in [0.29, 0.717) is 44.5 Å². The van der Waals surface area contributed by atoms with Crippen molar-refractivity contribution >= 4 is 10.0 Å². The molecule has 0 radical (unpaired) electrons. The lowest BCUT2D eigenvalue weighted by Gasteiger charge is -2.30. The van der Waals surface area contributed by atoms with Crippen LogP contribution in [0.5, 0.6) is 0 Å². The summed E-state index contributed by atoms with van der Waals surface area (Å²) in [5.41, 5.74) is 0.780. The molecule has 1 aromatic carbocycles. The predicted octanol–water partition coefficient (Wildman–Crippen LogP) is 1.17. The largest absolute Gasteiger partial charge is 0.466 e. The number of hydrogen-bond donors (Lipinski definition) is 1. The fourth-order valence-corrected chi connectivity index (χ4v) is 4.96. The number of piperazine rings is 1. The summed E-state index contributed by atoms with van der Waals surface area (Å²) >= 11 is 0. The van der Waals surface area contributed by atoms with Crippen LogP contribution in [0.2, 0.25) is 0 Å². The number of aromatic nitrogens is 2. The van der Waals surface area contributed by atoms with Crippen LogP contribution in [0.25, 0.3) is 11.5 Å². The number of rotatable bonds is 5. The number of hydrogen-bond acceptors (Lipinski definition) is 6. The Morgan fingerprint density at radius 2 is 1.90 bits per heavy atom. The minimum absolute atomic E-state index is 0.0201. The lowest BCUT2D eigenvalue weighted by Crippen LogP contribution is -3.13. The molecule has 3 aromatic rings. The minimum atomic E-state index is -3.70. The SMILES string of the molecule is Cc1cc(-c2nnc(C[NH+]3CCN(S(=O)(=O)c4cccc(F)c4)CC3)o2)c(C)o1. The van der Waals surface area contributed by atoms with Gasteiger partial charge in [0.1, 0.15) is 17.3 Å². The van der Waals surface area contributed by atoms with E-state index in [1.165, 1.54) is 22.5 Å². The maximum atomic E-state index is 13.4. The molecule has 1 aliphatic heterocycles. The number of furan rings is 1. The first-order chi connectivity index (χ1) is 13.8. The summed E-state index contributed by atoms with van der Waals surface area (Å²) in [6, 6.07) is 6.95. The number of halogens is 1. The Kier molecular flexibility index (Phi) is 5.24. The molecule has 0 amide bonds. The molecule has 0 spiro atoms. The summed E-state index contributed by atoms with van der Waals surface area (Å²) in [5.74, 6) is 1.85. The fourth-order valence-electron chi connectivity index (χ4n) is 3.49. The van der Waals surface area contributed by atoms with Crippen molar-refractivity contribution in [2.45, 2.75) is 25.3 Å². The Morgan fingerprint density at radius 3 is 2.55 bits per heavy atom. The number of quaternary nitrogens is 1. The van der Waals surface area contributed by atoms with Gasteiger partial charge in [0.05, 0.1) is 36.6 Å². The Hall–Kier alpha value is -2.56. The van der Waals surface area contributed by atoms with Gasteiger partial charge in [0.15, 0.2) is 6.54 Å². The van der Waals surface area contributed by atoms with Crippen LogP contribution in [-0.4, -0.2) is 49.1 Å². The molecule has 154 valence electrons. The number of benzene rings is 1. The monoisotopic (exact) mass is 421 g/mol. The van der Waals surface area contributed by atoms with Crippen molar-refractivity contribution in [3.63, 3.8) is 0 Å². The molecule has 2 aromatic heterocycles. The molecule has 0 saturated carbocycles. The highest BCUT2D eigenvalue weighted by molar-refractivity contribution is 7.89. The molecule has 1 N–H and O–H groups in total. The molecular weight excluding hydrogens is 399 g/mol. The number of nitrogens with zero attached hydrogens (tertiary/aromatic N) is 3. The van der Waals surface area contributed by atoms with E-state index in [4.69, 9.17) is 8.83 Å². The van der Waals surface area contributed by atoms with Gasteiger partial charge in [0.25, 0.3) is 11.8 Å². The first kappa shape index (κ1) is 19.7. The molecule has 29 heavy (non-hydrogen) atoms. The molecule has 0 unspecified atom stereocenters. The van der Waals surface area contributed by atoms with Crippen LogP contribution in [-0.2, 0) is 16.6 Å². The third-order valence-electron chi connectivity index (χ3n) is 5.00. The van der Waals surface area contributed by atoms with Gasteiger partial charge >= 0.3 is 0 Å². The zero-order chi connectivity index (χ0) is 20.6. The smallest absolute Gasteiger partial charge is 0.271 e. The number of nitrogens with one attached hydrogen (secondary N) is 1. The second kappa shape index (κ2) is 7.69. The fraction of sp³-hybridized carbons (Fsp3) is 0.368. The lowest BCUT2D eigenvalue weighted by atomic mass is 10.2. The first-order valence-corrected chi connectivity index (χ1v) is 10.8. The van der Waals surface area contributed by atoms with Crippen molar-refractivity contribution in [1.29, 1.82) is 0 Å². The Morgan fingerprint density at radius 1 is 1.14 bits per heavy atom. The summed E-state index contributed by atoms with van der Waals surface area (Å²) in [6.07, 6.45) is 0. The topological polar surface area (TPSA) is 93.9 Å². The van der Waals surface area contributed by atoms with Gasteiger partial charge in [-0.15, -0.1) is 10.2 Å². The van der Waals surface area contributed by atoms with Crippen molar-refractivity contribution in [2.24, 2.45) is 0 Å². The summed E-state index contributed by atoms with van der Waals surface area (Å²) in [7, 11) is -3.70. The van der Waals surface area contributed by atoms with Crippen molar-refractivity contribution in [3.8, 4) is 11.5 Å². The Balaban J connectivity index is 1.39. The molecule has 3 heterocycles. The van der Waals surface area contributed by atoms with E-state index in [9.17, 15) is 12.8 Å². The molecule has 1 aliphatic rings. The lowest BCUT2D eigenvalue weighted by molar-refractivity contribution is -0.918. The summed E-state index contributed by atoms with van der Waals surface area (Å²) in [6.45, 7) is 6.08. The molecule has 4 rings (SSSR count). The van der Waals surface area contributed by atoms with Crippen molar-refractivity contribution in [3.05, 3.63) is 53.6 Å². The molecule has 10 heteroatoms. The van der Waals surface area contributed by atoms with Gasteiger partial charge < -0.3 is 13.7 Å². The van der Waals surface area contributed by atoms with Crippen LogP contribution in [0.15, 0.2) is 44.1 Å². The van der Waals surface area contributed by atoms with Gasteiger partial charge in [-0.25, -0.2) is 12.8 Å². The van der Waals surface area contributed by atoms with Gasteiger partial charge in [-0.2, -0.15) is 4.31 Å². The molecule has 8 nitrogen and oxygen atoms in total. The second-order valence-corrected chi connectivity index (χ2v) is 9.05. The molecule has 0 aliphatic carbocycles. The zero-order valence-electron chi connectivity index (χ0n) is 16.2. The van der Waals surface area contributed by atoms with Crippen LogP contribution in [0.4, 0.5) is 4.39 Å².